The second-order valence-electron chi connectivity index (χ2n) is 4.65. The molecule has 0 unspecified atom stereocenters. The predicted octanol–water partition coefficient (Wildman–Crippen LogP) is 2.51. The smallest absolute Gasteiger partial charge is 0.226 e. The monoisotopic (exact) mass is 256 g/mol. The van der Waals surface area contributed by atoms with Crippen LogP contribution < -0.4 is 10.1 Å². The first-order valence-electron chi connectivity index (χ1n) is 6.19. The number of methoxy groups -OCH3 is 1. The van der Waals surface area contributed by atoms with Crippen molar-refractivity contribution in [3.8, 4) is 5.75 Å². The lowest BCUT2D eigenvalue weighted by molar-refractivity contribution is 0.414. The molecule has 2 heterocycles. The first kappa shape index (κ1) is 11.8. The third-order valence-electron chi connectivity index (χ3n) is 3.26. The second-order valence-corrected chi connectivity index (χ2v) is 4.65. The minimum atomic E-state index is 0.135. The molecule has 0 spiro atoms. The van der Waals surface area contributed by atoms with E-state index in [1.165, 1.54) is 5.56 Å². The molecule has 1 atom stereocenters. The van der Waals surface area contributed by atoms with Crippen LogP contribution >= 0.6 is 0 Å². The maximum Gasteiger partial charge on any atom is 0.226 e. The van der Waals surface area contributed by atoms with E-state index in [1.807, 2.05) is 23.7 Å². The van der Waals surface area contributed by atoms with E-state index in [1.54, 1.807) is 7.11 Å². The highest BCUT2D eigenvalue weighted by atomic mass is 16.5. The largest absolute Gasteiger partial charge is 0.497 e. The molecule has 19 heavy (non-hydrogen) atoms. The van der Waals surface area contributed by atoms with Gasteiger partial charge in [-0.3, -0.25) is 0 Å². The zero-order valence-electron chi connectivity index (χ0n) is 11.1. The Morgan fingerprint density at radius 1 is 1.37 bits per heavy atom. The summed E-state index contributed by atoms with van der Waals surface area (Å²) in [5.41, 5.74) is 2.13. The molecule has 1 aliphatic rings. The van der Waals surface area contributed by atoms with Crippen molar-refractivity contribution in [2.24, 2.45) is 0 Å². The molecule has 1 aromatic carbocycles. The number of aromatic nitrogens is 3. The number of hydrogen-bond acceptors (Lipinski definition) is 4. The van der Waals surface area contributed by atoms with Crippen LogP contribution in [0.3, 0.4) is 0 Å². The third kappa shape index (κ3) is 2.07. The summed E-state index contributed by atoms with van der Waals surface area (Å²) in [6.07, 6.45) is 0.808. The summed E-state index contributed by atoms with van der Waals surface area (Å²) in [5, 5.41) is 7.63. The number of hydrogen-bond donors (Lipinski definition) is 1. The lowest BCUT2D eigenvalue weighted by Gasteiger charge is -2.26. The van der Waals surface area contributed by atoms with Crippen LogP contribution in [0.5, 0.6) is 5.75 Å². The molecule has 5 heteroatoms. The Bertz CT molecular complexity index is 615. The maximum absolute atomic E-state index is 5.19. The molecule has 1 aromatic heterocycles. The summed E-state index contributed by atoms with van der Waals surface area (Å²) in [4.78, 5) is 4.37. The van der Waals surface area contributed by atoms with E-state index in [0.717, 1.165) is 29.6 Å². The minimum absolute atomic E-state index is 0.135. The van der Waals surface area contributed by atoms with Crippen molar-refractivity contribution < 1.29 is 4.74 Å². The molecule has 2 aromatic rings. The maximum atomic E-state index is 5.19. The Kier molecular flexibility index (Phi) is 2.74. The van der Waals surface area contributed by atoms with E-state index in [4.69, 9.17) is 4.74 Å². The molecule has 3 rings (SSSR count). The van der Waals surface area contributed by atoms with Gasteiger partial charge in [0.2, 0.25) is 5.95 Å². The van der Waals surface area contributed by atoms with Gasteiger partial charge < -0.3 is 10.1 Å². The van der Waals surface area contributed by atoms with Gasteiger partial charge in [0.15, 0.2) is 0 Å². The van der Waals surface area contributed by atoms with E-state index in [0.29, 0.717) is 0 Å². The minimum Gasteiger partial charge on any atom is -0.497 e. The van der Waals surface area contributed by atoms with Crippen molar-refractivity contribution in [2.75, 3.05) is 12.4 Å². The molecule has 0 bridgehead atoms. The van der Waals surface area contributed by atoms with Gasteiger partial charge in [-0.25, -0.2) is 4.68 Å². The van der Waals surface area contributed by atoms with E-state index in [9.17, 15) is 0 Å². The van der Waals surface area contributed by atoms with Gasteiger partial charge in [0, 0.05) is 12.1 Å². The molecule has 1 N–H and O–H groups in total. The summed E-state index contributed by atoms with van der Waals surface area (Å²) in [6.45, 7) is 5.90. The fraction of sp³-hybridized carbons (Fsp3) is 0.286. The number of ether oxygens (including phenoxy) is 1. The number of anilines is 1. The van der Waals surface area contributed by atoms with E-state index < -0.39 is 0 Å². The van der Waals surface area contributed by atoms with E-state index in [-0.39, 0.29) is 6.04 Å². The quantitative estimate of drug-likeness (QED) is 0.897. The number of aryl methyl sites for hydroxylation is 1. The van der Waals surface area contributed by atoms with Gasteiger partial charge in [-0.05, 0) is 24.6 Å². The van der Waals surface area contributed by atoms with Gasteiger partial charge in [0.25, 0.3) is 0 Å². The van der Waals surface area contributed by atoms with E-state index in [2.05, 4.69) is 34.1 Å². The van der Waals surface area contributed by atoms with E-state index >= 15 is 0 Å². The Hall–Kier alpha value is -2.30. The highest BCUT2D eigenvalue weighted by Gasteiger charge is 2.25. The first-order chi connectivity index (χ1) is 9.17. The van der Waals surface area contributed by atoms with Crippen LogP contribution in [0, 0.1) is 6.92 Å². The molecule has 0 fully saturated rings. The lowest BCUT2D eigenvalue weighted by atomic mass is 10.0. The topological polar surface area (TPSA) is 52.0 Å². The number of nitrogens with one attached hydrogen (secondary N) is 1. The predicted molar refractivity (Wildman–Crippen MR) is 73.3 cm³/mol. The second kappa shape index (κ2) is 4.42. The van der Waals surface area contributed by atoms with Crippen LogP contribution in [0.4, 0.5) is 5.95 Å². The molecule has 5 nitrogen and oxygen atoms in total. The number of fused-ring (bicyclic) bond motifs is 1. The zero-order chi connectivity index (χ0) is 13.4. The molecule has 0 radical (unpaired) electrons. The van der Waals surface area contributed by atoms with Gasteiger partial charge in [0.05, 0.1) is 13.2 Å². The molecule has 98 valence electrons. The van der Waals surface area contributed by atoms with Crippen LogP contribution in [0.15, 0.2) is 36.5 Å². The number of nitrogens with zero attached hydrogens (tertiary/aromatic N) is 3. The number of benzene rings is 1. The van der Waals surface area contributed by atoms with Crippen LogP contribution in [0.25, 0.3) is 0 Å². The normalized spacial score (nSPS) is 17.8. The Morgan fingerprint density at radius 2 is 2.11 bits per heavy atom. The average molecular weight is 256 g/mol. The van der Waals surface area contributed by atoms with Crippen LogP contribution in [-0.2, 0) is 0 Å². The lowest BCUT2D eigenvalue weighted by Crippen LogP contribution is -2.23. The molecule has 1 aliphatic heterocycles. The zero-order valence-corrected chi connectivity index (χ0v) is 11.1. The van der Waals surface area contributed by atoms with Gasteiger partial charge in [-0.15, -0.1) is 0 Å². The SMILES string of the molecule is C=C1C[C@H](c2ccc(OC)cc2)n2nc(C)nc2N1. The molecular weight excluding hydrogens is 240 g/mol. The number of rotatable bonds is 2. The molecule has 0 amide bonds. The van der Waals surface area contributed by atoms with Gasteiger partial charge in [-0.2, -0.15) is 10.1 Å². The summed E-state index contributed by atoms with van der Waals surface area (Å²) in [6, 6.07) is 8.18. The van der Waals surface area contributed by atoms with Gasteiger partial charge in [0.1, 0.15) is 11.6 Å². The summed E-state index contributed by atoms with van der Waals surface area (Å²) in [5.74, 6) is 2.37. The highest BCUT2D eigenvalue weighted by molar-refractivity contribution is 5.41. The average Bonchev–Trinajstić information content (AvgIpc) is 2.78. The summed E-state index contributed by atoms with van der Waals surface area (Å²) >= 11 is 0. The summed E-state index contributed by atoms with van der Waals surface area (Å²) in [7, 11) is 1.67. The van der Waals surface area contributed by atoms with Crippen molar-refractivity contribution in [1.29, 1.82) is 0 Å². The first-order valence-corrected chi connectivity index (χ1v) is 6.19. The van der Waals surface area contributed by atoms with Crippen molar-refractivity contribution in [1.82, 2.24) is 14.8 Å². The van der Waals surface area contributed by atoms with Crippen molar-refractivity contribution in [2.45, 2.75) is 19.4 Å². The fourth-order valence-electron chi connectivity index (χ4n) is 2.35. The van der Waals surface area contributed by atoms with Crippen molar-refractivity contribution in [3.05, 3.63) is 47.9 Å². The molecule has 0 saturated heterocycles. The Labute approximate surface area is 111 Å². The highest BCUT2D eigenvalue weighted by Crippen LogP contribution is 2.32. The third-order valence-corrected chi connectivity index (χ3v) is 3.26. The van der Waals surface area contributed by atoms with Crippen LogP contribution in [0.2, 0.25) is 0 Å². The fourth-order valence-corrected chi connectivity index (χ4v) is 2.35. The van der Waals surface area contributed by atoms with Gasteiger partial charge >= 0.3 is 0 Å². The van der Waals surface area contributed by atoms with Crippen molar-refractivity contribution >= 4 is 5.95 Å². The number of allylic oxidation sites excluding steroid dienone is 1. The van der Waals surface area contributed by atoms with Gasteiger partial charge in [-0.1, -0.05) is 18.7 Å². The van der Waals surface area contributed by atoms with Crippen LogP contribution in [0.1, 0.15) is 23.9 Å². The Balaban J connectivity index is 2.01. The molecule has 0 aliphatic carbocycles. The molecular formula is C14H16N4O. The molecule has 0 saturated carbocycles. The van der Waals surface area contributed by atoms with Crippen LogP contribution in [-0.4, -0.2) is 21.9 Å². The standard InChI is InChI=1S/C14H16N4O/c1-9-8-13(11-4-6-12(19-3)7-5-11)18-14(15-9)16-10(2)17-18/h4-7,13H,1,8H2,2-3H3,(H,15,16,17)/t13-/m1/s1. The summed E-state index contributed by atoms with van der Waals surface area (Å²) < 4.78 is 7.11. The van der Waals surface area contributed by atoms with Crippen molar-refractivity contribution in [3.63, 3.8) is 0 Å². The Morgan fingerprint density at radius 3 is 2.79 bits per heavy atom.